The van der Waals surface area contributed by atoms with Crippen molar-refractivity contribution in [2.75, 3.05) is 6.61 Å². The molecule has 0 saturated carbocycles. The van der Waals surface area contributed by atoms with Crippen molar-refractivity contribution >= 4 is 17.5 Å². The molecular formula is C28H38O5. The highest BCUT2D eigenvalue weighted by Gasteiger charge is 2.26. The number of aliphatic carboxylic acids is 1. The van der Waals surface area contributed by atoms with E-state index in [2.05, 4.69) is 0 Å². The molecule has 0 amide bonds. The van der Waals surface area contributed by atoms with Crippen molar-refractivity contribution in [1.82, 2.24) is 0 Å². The molecular weight excluding hydrogens is 416 g/mol. The fourth-order valence-corrected chi connectivity index (χ4v) is 3.88. The first-order chi connectivity index (χ1) is 15.5. The van der Waals surface area contributed by atoms with Gasteiger partial charge >= 0.3 is 5.97 Å². The van der Waals surface area contributed by atoms with Gasteiger partial charge in [0.2, 0.25) is 0 Å². The molecule has 0 aromatic heterocycles. The van der Waals surface area contributed by atoms with Gasteiger partial charge in [-0.2, -0.15) is 0 Å². The zero-order chi connectivity index (χ0) is 24.6. The second kappa shape index (κ2) is 11.6. The number of ketones is 2. The summed E-state index contributed by atoms with van der Waals surface area (Å²) in [6, 6.07) is 0. The fourth-order valence-electron chi connectivity index (χ4n) is 3.88. The quantitative estimate of drug-likeness (QED) is 0.330. The number of rotatable bonds is 14. The molecule has 2 N–H and O–H groups in total. The zero-order valence-electron chi connectivity index (χ0n) is 20.4. The zero-order valence-corrected chi connectivity index (χ0v) is 20.4. The second-order valence-corrected chi connectivity index (χ2v) is 10.5. The van der Waals surface area contributed by atoms with Crippen molar-refractivity contribution in [3.63, 3.8) is 0 Å². The summed E-state index contributed by atoms with van der Waals surface area (Å²) in [5.74, 6) is -0.797. The summed E-state index contributed by atoms with van der Waals surface area (Å²) in [6.45, 7) is 7.68. The molecule has 180 valence electrons. The van der Waals surface area contributed by atoms with Crippen LogP contribution in [0, 0.1) is 10.8 Å². The first kappa shape index (κ1) is 26.7. The number of unbranched alkanes of at least 4 members (excludes halogenated alkanes) is 2. The third-order valence-electron chi connectivity index (χ3n) is 6.53. The maximum absolute atomic E-state index is 12.6. The van der Waals surface area contributed by atoms with E-state index in [1.54, 1.807) is 32.1 Å². The Morgan fingerprint density at radius 3 is 1.67 bits per heavy atom. The van der Waals surface area contributed by atoms with Crippen molar-refractivity contribution in [1.29, 1.82) is 0 Å². The predicted molar refractivity (Wildman–Crippen MR) is 131 cm³/mol. The Morgan fingerprint density at radius 1 is 0.788 bits per heavy atom. The topological polar surface area (TPSA) is 91.7 Å². The molecule has 0 aliphatic heterocycles. The van der Waals surface area contributed by atoms with E-state index in [-0.39, 0.29) is 23.6 Å². The largest absolute Gasteiger partial charge is 0.481 e. The predicted octanol–water partition coefficient (Wildman–Crippen LogP) is 5.66. The van der Waals surface area contributed by atoms with Crippen LogP contribution in [0.15, 0.2) is 58.7 Å². The van der Waals surface area contributed by atoms with Crippen LogP contribution in [0.1, 0.15) is 79.1 Å². The van der Waals surface area contributed by atoms with Gasteiger partial charge in [0.1, 0.15) is 0 Å². The van der Waals surface area contributed by atoms with Gasteiger partial charge in [-0.3, -0.25) is 14.4 Å². The first-order valence-electron chi connectivity index (χ1n) is 11.9. The van der Waals surface area contributed by atoms with E-state index in [0.717, 1.165) is 49.7 Å². The molecule has 0 fully saturated rings. The van der Waals surface area contributed by atoms with Crippen molar-refractivity contribution in [3.8, 4) is 0 Å². The molecule has 0 spiro atoms. The molecule has 0 aromatic rings. The highest BCUT2D eigenvalue weighted by atomic mass is 16.4. The summed E-state index contributed by atoms with van der Waals surface area (Å²) >= 11 is 0. The number of hydrogen-bond donors (Lipinski definition) is 2. The maximum atomic E-state index is 12.6. The number of carboxylic acid groups (broad SMARTS) is 1. The Balaban J connectivity index is 1.74. The molecule has 0 saturated heterocycles. The minimum atomic E-state index is -0.799. The molecule has 0 unspecified atom stereocenters. The number of hydrogen-bond acceptors (Lipinski definition) is 4. The van der Waals surface area contributed by atoms with Crippen LogP contribution in [0.3, 0.4) is 0 Å². The highest BCUT2D eigenvalue weighted by Crippen LogP contribution is 2.28. The number of carbonyl (C=O) groups is 3. The van der Waals surface area contributed by atoms with Gasteiger partial charge in [0, 0.05) is 28.9 Å². The lowest BCUT2D eigenvalue weighted by Crippen LogP contribution is -2.23. The number of carboxylic acids is 1. The molecule has 0 aromatic carbocycles. The summed E-state index contributed by atoms with van der Waals surface area (Å²) in [5.41, 5.74) is 1.88. The number of aliphatic hydroxyl groups is 1. The van der Waals surface area contributed by atoms with E-state index in [0.29, 0.717) is 24.0 Å². The van der Waals surface area contributed by atoms with Gasteiger partial charge in [-0.1, -0.05) is 63.1 Å². The maximum Gasteiger partial charge on any atom is 0.309 e. The van der Waals surface area contributed by atoms with Crippen LogP contribution in [0.4, 0.5) is 0 Å². The Labute approximate surface area is 197 Å². The van der Waals surface area contributed by atoms with Crippen LogP contribution in [0.5, 0.6) is 0 Å². The second-order valence-electron chi connectivity index (χ2n) is 10.5. The van der Waals surface area contributed by atoms with E-state index in [9.17, 15) is 24.6 Å². The number of carbonyl (C=O) groups excluding carboxylic acids is 2. The summed E-state index contributed by atoms with van der Waals surface area (Å²) in [6.07, 6.45) is 17.0. The number of Topliss-reactive ketones (excluding diaryl/α,β-unsaturated/α-hetero) is 2. The molecule has 5 nitrogen and oxygen atoms in total. The summed E-state index contributed by atoms with van der Waals surface area (Å²) < 4.78 is 0. The van der Waals surface area contributed by atoms with Crippen molar-refractivity contribution in [2.24, 2.45) is 10.8 Å². The molecule has 0 bridgehead atoms. The van der Waals surface area contributed by atoms with Crippen LogP contribution in [0.2, 0.25) is 0 Å². The monoisotopic (exact) mass is 454 g/mol. The highest BCUT2D eigenvalue weighted by molar-refractivity contribution is 6.15. The molecule has 0 heterocycles. The molecule has 2 rings (SSSR count). The standard InChI is InChI=1S/C28H38O5/c1-27(2,19-29)17-7-5-9-20-11-13-22(24(20)30)15-16-23-14-12-21(25(23)31)10-6-8-18-28(3,4)26(32)33/h11-16,29H,5-10,17-19H2,1-4H3,(H,32,33). The average Bonchev–Trinajstić information content (AvgIpc) is 3.29. The van der Waals surface area contributed by atoms with Crippen LogP contribution in [0.25, 0.3) is 0 Å². The van der Waals surface area contributed by atoms with Gasteiger partial charge in [0.25, 0.3) is 0 Å². The van der Waals surface area contributed by atoms with E-state index in [1.807, 2.05) is 32.1 Å². The van der Waals surface area contributed by atoms with Crippen LogP contribution >= 0.6 is 0 Å². The van der Waals surface area contributed by atoms with Gasteiger partial charge in [-0.05, 0) is 57.8 Å². The van der Waals surface area contributed by atoms with Gasteiger partial charge in [0.05, 0.1) is 5.41 Å². The van der Waals surface area contributed by atoms with Gasteiger partial charge in [-0.15, -0.1) is 0 Å². The number of aliphatic hydroxyl groups excluding tert-OH is 1. The third kappa shape index (κ3) is 7.78. The minimum Gasteiger partial charge on any atom is -0.481 e. The lowest BCUT2D eigenvalue weighted by Gasteiger charge is -2.21. The molecule has 33 heavy (non-hydrogen) atoms. The van der Waals surface area contributed by atoms with Crippen molar-refractivity contribution in [3.05, 3.63) is 58.7 Å². The smallest absolute Gasteiger partial charge is 0.309 e. The third-order valence-corrected chi connectivity index (χ3v) is 6.53. The molecule has 5 heteroatoms. The van der Waals surface area contributed by atoms with E-state index in [4.69, 9.17) is 0 Å². The molecule has 0 atom stereocenters. The summed E-state index contributed by atoms with van der Waals surface area (Å²) in [7, 11) is 0. The van der Waals surface area contributed by atoms with Gasteiger partial charge in [-0.25, -0.2) is 0 Å². The van der Waals surface area contributed by atoms with E-state index >= 15 is 0 Å². The Morgan fingerprint density at radius 2 is 1.24 bits per heavy atom. The first-order valence-corrected chi connectivity index (χ1v) is 11.9. The SMILES string of the molecule is CC(C)(CO)CCCCC1=CC=C(C=CC2=CC=C(CCCCC(C)(C)C(=O)O)C2=O)C1=O. The average molecular weight is 455 g/mol. The normalized spacial score (nSPS) is 16.9. The van der Waals surface area contributed by atoms with Crippen LogP contribution < -0.4 is 0 Å². The molecule has 0 radical (unpaired) electrons. The summed E-state index contributed by atoms with van der Waals surface area (Å²) in [4.78, 5) is 36.4. The summed E-state index contributed by atoms with van der Waals surface area (Å²) in [5, 5.41) is 18.5. The molecule has 2 aliphatic carbocycles. The van der Waals surface area contributed by atoms with Crippen LogP contribution in [-0.4, -0.2) is 34.4 Å². The van der Waals surface area contributed by atoms with Gasteiger partial charge in [0.15, 0.2) is 11.6 Å². The Kier molecular flexibility index (Phi) is 9.35. The Hall–Kier alpha value is -2.53. The fraction of sp³-hybridized carbons (Fsp3) is 0.536. The van der Waals surface area contributed by atoms with Crippen LogP contribution in [-0.2, 0) is 14.4 Å². The Bertz CT molecular complexity index is 922. The van der Waals surface area contributed by atoms with Crippen molar-refractivity contribution < 1.29 is 24.6 Å². The van der Waals surface area contributed by atoms with E-state index in [1.165, 1.54) is 0 Å². The van der Waals surface area contributed by atoms with Crippen molar-refractivity contribution in [2.45, 2.75) is 79.1 Å². The van der Waals surface area contributed by atoms with E-state index < -0.39 is 11.4 Å². The van der Waals surface area contributed by atoms with Gasteiger partial charge < -0.3 is 10.2 Å². The lowest BCUT2D eigenvalue weighted by atomic mass is 9.86. The minimum absolute atomic E-state index is 0.0190. The molecule has 2 aliphatic rings. The number of allylic oxidation sites excluding steroid dienone is 10. The lowest BCUT2D eigenvalue weighted by molar-refractivity contribution is -0.147.